The molecule has 5 fully saturated rings. The molecule has 1 aliphatic heterocycles. The number of esters is 1. The molecular formula is C33H51ClN8O10. The zero-order valence-corrected chi connectivity index (χ0v) is 30.4. The molecule has 0 unspecified atom stereocenters. The summed E-state index contributed by atoms with van der Waals surface area (Å²) in [6, 6.07) is 0.151. The number of hydrogen-bond acceptors (Lipinski definition) is 12. The molecule has 5 aliphatic rings. The lowest BCUT2D eigenvalue weighted by atomic mass is 9.49. The van der Waals surface area contributed by atoms with Gasteiger partial charge in [0.2, 0.25) is 11.8 Å². The van der Waals surface area contributed by atoms with Gasteiger partial charge in [-0.2, -0.15) is 4.98 Å². The number of anilines is 1. The number of aliphatic hydroxyl groups excluding tert-OH is 2. The minimum Gasteiger partial charge on any atom is -0.462 e. The molecule has 290 valence electrons. The third kappa shape index (κ3) is 10.1. The van der Waals surface area contributed by atoms with Gasteiger partial charge in [-0.15, -0.1) is 12.4 Å². The number of aliphatic imine (C=N–C) groups is 1. The number of aromatic nitrogens is 2. The maximum Gasteiger partial charge on any atom is 0.408 e. The Labute approximate surface area is 307 Å². The predicted octanol–water partition coefficient (Wildman–Crippen LogP) is 0.0455. The molecule has 0 spiro atoms. The van der Waals surface area contributed by atoms with Crippen molar-refractivity contribution in [2.75, 3.05) is 25.0 Å². The number of ether oxygens (including phenoxy) is 3. The van der Waals surface area contributed by atoms with Crippen LogP contribution in [0, 0.1) is 23.2 Å². The Balaban J connectivity index is 0.00000605. The molecule has 1 aromatic heterocycles. The van der Waals surface area contributed by atoms with E-state index in [9.17, 15) is 34.2 Å². The molecule has 18 nitrogen and oxygen atoms in total. The van der Waals surface area contributed by atoms with Crippen LogP contribution in [0.2, 0.25) is 0 Å². The highest BCUT2D eigenvalue weighted by Gasteiger charge is 2.56. The molecule has 4 aliphatic carbocycles. The fourth-order valence-electron chi connectivity index (χ4n) is 8.14. The Morgan fingerprint density at radius 1 is 1.10 bits per heavy atom. The fraction of sp³-hybridized carbons (Fsp3) is 0.727. The van der Waals surface area contributed by atoms with Gasteiger partial charge >= 0.3 is 17.8 Å². The Morgan fingerprint density at radius 2 is 1.73 bits per heavy atom. The predicted molar refractivity (Wildman–Crippen MR) is 188 cm³/mol. The van der Waals surface area contributed by atoms with Crippen molar-refractivity contribution >= 4 is 48.1 Å². The van der Waals surface area contributed by atoms with Gasteiger partial charge in [-0.1, -0.05) is 0 Å². The summed E-state index contributed by atoms with van der Waals surface area (Å²) in [6.45, 7) is 4.42. The molecule has 6 rings (SSSR count). The normalized spacial score (nSPS) is 29.3. The van der Waals surface area contributed by atoms with E-state index in [-0.39, 0.29) is 49.7 Å². The Kier molecular flexibility index (Phi) is 13.1. The Bertz CT molecular complexity index is 1530. The topological polar surface area (TPSA) is 272 Å². The van der Waals surface area contributed by atoms with E-state index in [0.717, 1.165) is 23.8 Å². The molecule has 0 aromatic carbocycles. The first-order valence-electron chi connectivity index (χ1n) is 17.4. The van der Waals surface area contributed by atoms with Gasteiger partial charge in [0.1, 0.15) is 48.9 Å². The Hall–Kier alpha value is -4.00. The van der Waals surface area contributed by atoms with Gasteiger partial charge in [-0.3, -0.25) is 23.9 Å². The molecule has 4 saturated carbocycles. The highest BCUT2D eigenvalue weighted by atomic mass is 35.5. The molecule has 0 radical (unpaired) electrons. The number of amides is 3. The van der Waals surface area contributed by atoms with E-state index < -0.39 is 71.7 Å². The van der Waals surface area contributed by atoms with Crippen LogP contribution in [0.4, 0.5) is 10.6 Å². The minimum atomic E-state index is -1.53. The van der Waals surface area contributed by atoms with Crippen molar-refractivity contribution in [2.24, 2.45) is 39.6 Å². The summed E-state index contributed by atoms with van der Waals surface area (Å²) < 4.78 is 17.6. The van der Waals surface area contributed by atoms with Gasteiger partial charge in [0, 0.05) is 12.7 Å². The smallest absolute Gasteiger partial charge is 0.408 e. The van der Waals surface area contributed by atoms with Crippen molar-refractivity contribution in [3.8, 4) is 0 Å². The number of guanidine groups is 1. The maximum atomic E-state index is 13.3. The summed E-state index contributed by atoms with van der Waals surface area (Å²) in [5, 5.41) is 28.8. The first-order valence-corrected chi connectivity index (χ1v) is 17.4. The first-order chi connectivity index (χ1) is 24.0. The van der Waals surface area contributed by atoms with Crippen LogP contribution in [0.1, 0.15) is 78.4 Å². The first kappa shape index (κ1) is 40.8. The summed E-state index contributed by atoms with van der Waals surface area (Å²) in [6.07, 6.45) is 1.36. The number of carbonyl (C=O) groups excluding carboxylic acids is 4. The van der Waals surface area contributed by atoms with E-state index in [2.05, 4.69) is 25.9 Å². The lowest BCUT2D eigenvalue weighted by Crippen LogP contribution is -2.51. The molecule has 2 heterocycles. The van der Waals surface area contributed by atoms with Gasteiger partial charge in [0.05, 0.1) is 5.41 Å². The number of carbonyl (C=O) groups is 4. The van der Waals surface area contributed by atoms with Crippen LogP contribution in [0.5, 0.6) is 0 Å². The third-order valence-electron chi connectivity index (χ3n) is 9.93. The monoisotopic (exact) mass is 754 g/mol. The van der Waals surface area contributed by atoms with Gasteiger partial charge in [-0.05, 0) is 96.0 Å². The summed E-state index contributed by atoms with van der Waals surface area (Å²) in [5.41, 5.74) is 8.54. The largest absolute Gasteiger partial charge is 0.462 e. The number of nitrogens with one attached hydrogen (secondary N) is 3. The van der Waals surface area contributed by atoms with Crippen LogP contribution in [0.25, 0.3) is 0 Å². The van der Waals surface area contributed by atoms with Crippen LogP contribution in [0.3, 0.4) is 0 Å². The molecule has 9 N–H and O–H groups in total. The standard InChI is InChI=1S/C33H50N8O10.ClH/c1-32(2,3)51-31(48)37-15-23(42)38-20(5-4-7-36-29(34)35)26(45)39-22-6-8-41(30(47)40-22)27-25(44)24(43)21(50-27)16-49-28(46)33-12-17-9-18(13-33)11-19(10-17)14-33;/h6,8,17-21,24-25,27,43-44H,4-5,7,9-16H2,1-3H3,(H,37,48)(H,38,42)(H4,34,35,36)(H,39,40,45,47);1H/t17?,18?,19?,20-,21+,24+,25-,27+,33?;/m0./s1. The van der Waals surface area contributed by atoms with Crippen molar-refractivity contribution < 1.29 is 43.6 Å². The summed E-state index contributed by atoms with van der Waals surface area (Å²) in [7, 11) is 0. The number of hydrogen-bond donors (Lipinski definition) is 7. The minimum absolute atomic E-state index is 0. The van der Waals surface area contributed by atoms with Crippen LogP contribution in [0.15, 0.2) is 22.1 Å². The maximum absolute atomic E-state index is 13.3. The van der Waals surface area contributed by atoms with E-state index in [4.69, 9.17) is 25.7 Å². The SMILES string of the molecule is CC(C)(C)OC(=O)NCC(=O)N[C@@H](CCCN=C(N)N)C(=O)Nc1ccn([C@@H]2O[C@H](COC(=O)C34CC5CC(CC(C5)C3)C4)[C@@H](O)[C@@H]2O)c(=O)n1.Cl. The third-order valence-corrected chi connectivity index (χ3v) is 9.93. The van der Waals surface area contributed by atoms with Crippen molar-refractivity contribution in [3.05, 3.63) is 22.7 Å². The second-order valence-electron chi connectivity index (χ2n) is 15.3. The van der Waals surface area contributed by atoms with E-state index in [1.165, 1.54) is 31.5 Å². The fourth-order valence-corrected chi connectivity index (χ4v) is 8.14. The van der Waals surface area contributed by atoms with Crippen LogP contribution >= 0.6 is 12.4 Å². The highest BCUT2D eigenvalue weighted by molar-refractivity contribution is 5.97. The van der Waals surface area contributed by atoms with Gasteiger partial charge < -0.3 is 51.8 Å². The number of alkyl carbamates (subject to hydrolysis) is 1. The number of halogens is 1. The lowest BCUT2D eigenvalue weighted by molar-refractivity contribution is -0.177. The average molecular weight is 755 g/mol. The van der Waals surface area contributed by atoms with Gasteiger partial charge in [-0.25, -0.2) is 9.59 Å². The molecule has 1 saturated heterocycles. The van der Waals surface area contributed by atoms with Crippen molar-refractivity contribution in [1.82, 2.24) is 20.2 Å². The molecule has 3 amide bonds. The zero-order valence-electron chi connectivity index (χ0n) is 29.6. The molecule has 5 atom stereocenters. The summed E-state index contributed by atoms with van der Waals surface area (Å²) in [4.78, 5) is 71.8. The average Bonchev–Trinajstić information content (AvgIpc) is 3.31. The van der Waals surface area contributed by atoms with Gasteiger partial charge in [0.15, 0.2) is 12.2 Å². The number of aliphatic hydroxyl groups is 2. The summed E-state index contributed by atoms with van der Waals surface area (Å²) >= 11 is 0. The number of nitrogens with two attached hydrogens (primary N) is 2. The van der Waals surface area contributed by atoms with Crippen molar-refractivity contribution in [1.29, 1.82) is 0 Å². The van der Waals surface area contributed by atoms with Crippen LogP contribution in [-0.4, -0.2) is 99.3 Å². The van der Waals surface area contributed by atoms with Crippen molar-refractivity contribution in [2.45, 2.75) is 108 Å². The van der Waals surface area contributed by atoms with E-state index >= 15 is 0 Å². The van der Waals surface area contributed by atoms with Crippen LogP contribution in [-0.2, 0) is 28.6 Å². The molecular weight excluding hydrogens is 704 g/mol. The summed E-state index contributed by atoms with van der Waals surface area (Å²) in [5.74, 6) is -0.360. The highest BCUT2D eigenvalue weighted by Crippen LogP contribution is 2.60. The zero-order chi connectivity index (χ0) is 37.1. The Morgan fingerprint density at radius 3 is 2.31 bits per heavy atom. The second-order valence-corrected chi connectivity index (χ2v) is 15.3. The van der Waals surface area contributed by atoms with E-state index in [1.54, 1.807) is 20.8 Å². The number of rotatable bonds is 13. The van der Waals surface area contributed by atoms with Crippen molar-refractivity contribution in [3.63, 3.8) is 0 Å². The van der Waals surface area contributed by atoms with E-state index in [1.807, 2.05) is 0 Å². The molecule has 4 bridgehead atoms. The van der Waals surface area contributed by atoms with Gasteiger partial charge in [0.25, 0.3) is 0 Å². The molecule has 1 aromatic rings. The quantitative estimate of drug-likeness (QED) is 0.0608. The van der Waals surface area contributed by atoms with Crippen LogP contribution < -0.4 is 33.1 Å². The van der Waals surface area contributed by atoms with E-state index in [0.29, 0.717) is 24.2 Å². The molecule has 52 heavy (non-hydrogen) atoms. The second kappa shape index (κ2) is 16.8. The number of nitrogens with zero attached hydrogens (tertiary/aromatic N) is 3. The lowest BCUT2D eigenvalue weighted by Gasteiger charge is -2.55. The molecule has 19 heteroatoms.